The van der Waals surface area contributed by atoms with Crippen molar-refractivity contribution in [1.29, 1.82) is 0 Å². The van der Waals surface area contributed by atoms with Gasteiger partial charge in [-0.15, -0.1) is 0 Å². The fraction of sp³-hybridized carbons (Fsp3) is 0.156. The minimum Gasteiger partial charge on any atom is -0.372 e. The molecule has 0 saturated carbocycles. The molecule has 0 aliphatic rings. The lowest BCUT2D eigenvalue weighted by atomic mass is 10.1. The smallest absolute Gasteiger partial charge is 0.293 e. The van der Waals surface area contributed by atoms with Crippen LogP contribution in [0.5, 0.6) is 0 Å². The number of benzene rings is 4. The van der Waals surface area contributed by atoms with Gasteiger partial charge in [0, 0.05) is 54.3 Å². The molecule has 0 bridgehead atoms. The number of carbonyl (C=O) groups is 3. The first kappa shape index (κ1) is 31.0. The molecule has 4 aromatic rings. The van der Waals surface area contributed by atoms with Crippen LogP contribution in [0.25, 0.3) is 0 Å². The number of rotatable bonds is 9. The molecule has 10 nitrogen and oxygen atoms in total. The Labute approximate surface area is 244 Å². The molecule has 0 aromatic heterocycles. The molecule has 0 aliphatic carbocycles. The monoisotopic (exact) mass is 567 g/mol. The average Bonchev–Trinajstić information content (AvgIpc) is 2.99. The van der Waals surface area contributed by atoms with E-state index in [0.717, 1.165) is 30.5 Å². The van der Waals surface area contributed by atoms with Gasteiger partial charge in [0.1, 0.15) is 5.69 Å². The van der Waals surface area contributed by atoms with E-state index in [1.54, 1.807) is 24.3 Å². The maximum atomic E-state index is 12.1. The van der Waals surface area contributed by atoms with E-state index in [1.165, 1.54) is 19.1 Å². The Balaban J connectivity index is 0.000000231. The van der Waals surface area contributed by atoms with E-state index in [2.05, 4.69) is 34.7 Å². The van der Waals surface area contributed by atoms with Crippen LogP contribution in [0.3, 0.4) is 0 Å². The van der Waals surface area contributed by atoms with Gasteiger partial charge in [-0.3, -0.25) is 24.5 Å². The third kappa shape index (κ3) is 9.02. The number of nitrogens with zero attached hydrogens (tertiary/aromatic N) is 2. The number of hydrogen-bond acceptors (Lipinski definition) is 6. The van der Waals surface area contributed by atoms with E-state index in [0.29, 0.717) is 11.3 Å². The van der Waals surface area contributed by atoms with Gasteiger partial charge in [0.15, 0.2) is 0 Å². The van der Waals surface area contributed by atoms with Gasteiger partial charge in [-0.2, -0.15) is 0 Å². The normalized spacial score (nSPS) is 9.98. The van der Waals surface area contributed by atoms with Gasteiger partial charge in [-0.1, -0.05) is 36.4 Å². The number of nitro groups is 1. The van der Waals surface area contributed by atoms with Crippen LogP contribution < -0.4 is 20.9 Å². The van der Waals surface area contributed by atoms with Crippen molar-refractivity contribution < 1.29 is 19.3 Å². The molecule has 0 radical (unpaired) electrons. The molecular formula is C32H33N5O5. The highest BCUT2D eigenvalue weighted by Gasteiger charge is 2.18. The highest BCUT2D eigenvalue weighted by Crippen LogP contribution is 2.26. The van der Waals surface area contributed by atoms with Gasteiger partial charge >= 0.3 is 0 Å². The molecule has 0 aliphatic heterocycles. The fourth-order valence-electron chi connectivity index (χ4n) is 3.98. The quantitative estimate of drug-likeness (QED) is 0.154. The van der Waals surface area contributed by atoms with E-state index < -0.39 is 16.7 Å². The number of para-hydroxylation sites is 2. The van der Waals surface area contributed by atoms with Crippen LogP contribution in [-0.2, 0) is 4.79 Å². The molecule has 0 atom stereocenters. The van der Waals surface area contributed by atoms with E-state index in [4.69, 9.17) is 0 Å². The Morgan fingerprint density at radius 2 is 1.17 bits per heavy atom. The third-order valence-corrected chi connectivity index (χ3v) is 6.09. The number of nitrogens with one attached hydrogen (secondary N) is 3. The zero-order valence-corrected chi connectivity index (χ0v) is 23.7. The molecule has 4 aromatic carbocycles. The lowest BCUT2D eigenvalue weighted by Crippen LogP contribution is -2.21. The minimum atomic E-state index is -0.648. The summed E-state index contributed by atoms with van der Waals surface area (Å²) < 4.78 is 0. The maximum Gasteiger partial charge on any atom is 0.293 e. The van der Waals surface area contributed by atoms with Crippen LogP contribution in [0.15, 0.2) is 103 Å². The molecule has 216 valence electrons. The Morgan fingerprint density at radius 3 is 1.62 bits per heavy atom. The summed E-state index contributed by atoms with van der Waals surface area (Å²) >= 11 is 0. The van der Waals surface area contributed by atoms with Crippen molar-refractivity contribution in [3.63, 3.8) is 0 Å². The first-order chi connectivity index (χ1) is 20.2. The lowest BCUT2D eigenvalue weighted by molar-refractivity contribution is -0.384. The van der Waals surface area contributed by atoms with Crippen molar-refractivity contribution in [3.8, 4) is 0 Å². The molecule has 0 unspecified atom stereocenters. The van der Waals surface area contributed by atoms with Crippen molar-refractivity contribution in [1.82, 2.24) is 0 Å². The van der Waals surface area contributed by atoms with Gasteiger partial charge in [0.2, 0.25) is 5.91 Å². The predicted molar refractivity (Wildman–Crippen MR) is 166 cm³/mol. The molecule has 0 saturated heterocycles. The Morgan fingerprint density at radius 1 is 0.690 bits per heavy atom. The number of amides is 3. The number of anilines is 4. The lowest BCUT2D eigenvalue weighted by Gasteiger charge is -2.21. The molecular weight excluding hydrogens is 534 g/mol. The molecule has 0 heterocycles. The van der Waals surface area contributed by atoms with Crippen molar-refractivity contribution in [2.24, 2.45) is 0 Å². The van der Waals surface area contributed by atoms with E-state index in [9.17, 15) is 24.5 Å². The van der Waals surface area contributed by atoms with Gasteiger partial charge < -0.3 is 20.9 Å². The largest absolute Gasteiger partial charge is 0.372 e. The second-order valence-electron chi connectivity index (χ2n) is 9.03. The summed E-state index contributed by atoms with van der Waals surface area (Å²) in [7, 11) is 0. The molecule has 10 heteroatoms. The summed E-state index contributed by atoms with van der Waals surface area (Å²) in [5.74, 6) is -0.976. The second kappa shape index (κ2) is 15.3. The average molecular weight is 568 g/mol. The summed E-state index contributed by atoms with van der Waals surface area (Å²) in [4.78, 5) is 47.9. The number of carbonyl (C=O) groups excluding carboxylic acids is 3. The highest BCUT2D eigenvalue weighted by molar-refractivity contribution is 6.06. The fourth-order valence-corrected chi connectivity index (χ4v) is 3.98. The van der Waals surface area contributed by atoms with Crippen LogP contribution in [0, 0.1) is 10.1 Å². The van der Waals surface area contributed by atoms with E-state index in [1.807, 2.05) is 60.7 Å². The van der Waals surface area contributed by atoms with Crippen LogP contribution in [0.1, 0.15) is 41.5 Å². The van der Waals surface area contributed by atoms with Gasteiger partial charge in [0.05, 0.1) is 4.92 Å². The van der Waals surface area contributed by atoms with Crippen LogP contribution in [-0.4, -0.2) is 35.7 Å². The zero-order chi connectivity index (χ0) is 30.5. The summed E-state index contributed by atoms with van der Waals surface area (Å²) in [6, 6.07) is 29.8. The summed E-state index contributed by atoms with van der Waals surface area (Å²) in [6.45, 7) is 7.43. The Kier molecular flexibility index (Phi) is 11.3. The topological polar surface area (TPSA) is 134 Å². The first-order valence-electron chi connectivity index (χ1n) is 13.4. The third-order valence-electron chi connectivity index (χ3n) is 6.09. The number of hydrogen-bond donors (Lipinski definition) is 3. The first-order valence-corrected chi connectivity index (χ1v) is 13.4. The van der Waals surface area contributed by atoms with Crippen molar-refractivity contribution in [3.05, 3.63) is 124 Å². The molecule has 4 rings (SSSR count). The molecule has 0 fully saturated rings. The summed E-state index contributed by atoms with van der Waals surface area (Å²) in [6.07, 6.45) is 0. The van der Waals surface area contributed by atoms with Gasteiger partial charge in [-0.05, 0) is 74.5 Å². The zero-order valence-electron chi connectivity index (χ0n) is 23.7. The van der Waals surface area contributed by atoms with E-state index >= 15 is 0 Å². The predicted octanol–water partition coefficient (Wildman–Crippen LogP) is 6.59. The van der Waals surface area contributed by atoms with Crippen LogP contribution in [0.2, 0.25) is 0 Å². The summed E-state index contributed by atoms with van der Waals surface area (Å²) in [5.41, 5.74) is 3.05. The van der Waals surface area contributed by atoms with Crippen molar-refractivity contribution in [2.45, 2.75) is 20.8 Å². The maximum absolute atomic E-state index is 12.1. The second-order valence-corrected chi connectivity index (χ2v) is 9.03. The van der Waals surface area contributed by atoms with Crippen LogP contribution >= 0.6 is 0 Å². The van der Waals surface area contributed by atoms with Gasteiger partial charge in [-0.25, -0.2) is 0 Å². The van der Waals surface area contributed by atoms with Crippen molar-refractivity contribution in [2.75, 3.05) is 33.9 Å². The minimum absolute atomic E-state index is 0.0498. The van der Waals surface area contributed by atoms with E-state index in [-0.39, 0.29) is 22.8 Å². The number of nitro benzene ring substituents is 1. The standard InChI is InChI=1S/C17H20N2O.C15H13N3O4/c1-3-19(4-2)16-12-10-14(11-13-16)17(20)18-15-8-6-5-7-9-15;1-10(19)16-13-8-7-11(9-14(13)18(21)22)15(20)17-12-5-3-2-4-6-12/h5-13H,3-4H2,1-2H3,(H,18,20);2-9H,1H3,(H,16,19)(H,17,20). The molecule has 0 spiro atoms. The van der Waals surface area contributed by atoms with Crippen LogP contribution in [0.4, 0.5) is 28.4 Å². The molecule has 42 heavy (non-hydrogen) atoms. The SMILES string of the molecule is CC(=O)Nc1ccc(C(=O)Nc2ccccc2)cc1[N+](=O)[O-].CCN(CC)c1ccc(C(=O)Nc2ccccc2)cc1. The summed E-state index contributed by atoms with van der Waals surface area (Å²) in [5, 5.41) is 18.9. The van der Waals surface area contributed by atoms with Crippen molar-refractivity contribution >= 4 is 46.2 Å². The Bertz CT molecular complexity index is 1510. The molecule has 3 N–H and O–H groups in total. The van der Waals surface area contributed by atoms with Gasteiger partial charge in [0.25, 0.3) is 17.5 Å². The highest BCUT2D eigenvalue weighted by atomic mass is 16.6. The Hall–Kier alpha value is -5.51. The molecule has 3 amide bonds.